The Morgan fingerprint density at radius 1 is 1.29 bits per heavy atom. The van der Waals surface area contributed by atoms with Crippen LogP contribution < -0.4 is 10.6 Å². The monoisotopic (exact) mass is 216 g/mol. The highest BCUT2D eigenvalue weighted by molar-refractivity contribution is 7.99. The van der Waals surface area contributed by atoms with Crippen molar-refractivity contribution in [1.82, 2.24) is 10.6 Å². The topological polar surface area (TPSA) is 24.1 Å². The number of hydrogen-bond acceptors (Lipinski definition) is 3. The normalized spacial score (nSPS) is 22.9. The molecule has 0 bridgehead atoms. The molecule has 2 N–H and O–H groups in total. The van der Waals surface area contributed by atoms with Gasteiger partial charge in [0, 0.05) is 18.6 Å². The molecule has 0 aromatic heterocycles. The van der Waals surface area contributed by atoms with Crippen LogP contribution in [0.3, 0.4) is 0 Å². The zero-order valence-corrected chi connectivity index (χ0v) is 10.5. The summed E-state index contributed by atoms with van der Waals surface area (Å²) in [6.07, 6.45) is 1.41. The van der Waals surface area contributed by atoms with Gasteiger partial charge in [0.2, 0.25) is 0 Å². The van der Waals surface area contributed by atoms with Crippen molar-refractivity contribution in [2.75, 3.05) is 31.1 Å². The largest absolute Gasteiger partial charge is 0.315 e. The second kappa shape index (κ2) is 5.99. The summed E-state index contributed by atoms with van der Waals surface area (Å²) in [5.74, 6) is 3.65. The predicted octanol–water partition coefficient (Wildman–Crippen LogP) is 1.72. The molecular formula is C11H24N2S. The summed E-state index contributed by atoms with van der Waals surface area (Å²) in [5.41, 5.74) is 0.255. The third-order valence-corrected chi connectivity index (χ3v) is 3.65. The van der Waals surface area contributed by atoms with Crippen LogP contribution in [-0.4, -0.2) is 36.7 Å². The van der Waals surface area contributed by atoms with Gasteiger partial charge in [-0.25, -0.2) is 0 Å². The van der Waals surface area contributed by atoms with Crippen LogP contribution in [-0.2, 0) is 0 Å². The van der Waals surface area contributed by atoms with Gasteiger partial charge < -0.3 is 10.6 Å². The summed E-state index contributed by atoms with van der Waals surface area (Å²) < 4.78 is 0. The molecule has 1 rings (SSSR count). The molecular weight excluding hydrogens is 192 g/mol. The van der Waals surface area contributed by atoms with Crippen molar-refractivity contribution in [1.29, 1.82) is 0 Å². The molecule has 0 saturated carbocycles. The summed E-state index contributed by atoms with van der Waals surface area (Å²) in [6, 6.07) is 0. The van der Waals surface area contributed by atoms with Gasteiger partial charge in [0.05, 0.1) is 0 Å². The van der Waals surface area contributed by atoms with Crippen molar-refractivity contribution < 1.29 is 0 Å². The second-order valence-electron chi connectivity index (χ2n) is 5.11. The first-order valence-corrected chi connectivity index (χ1v) is 6.77. The first-order valence-electron chi connectivity index (χ1n) is 5.61. The highest BCUT2D eigenvalue weighted by Crippen LogP contribution is 2.22. The van der Waals surface area contributed by atoms with Crippen LogP contribution in [0.2, 0.25) is 0 Å². The fourth-order valence-electron chi connectivity index (χ4n) is 1.58. The van der Waals surface area contributed by atoms with Gasteiger partial charge in [-0.1, -0.05) is 0 Å². The summed E-state index contributed by atoms with van der Waals surface area (Å²) in [5, 5.41) is 7.00. The van der Waals surface area contributed by atoms with Crippen LogP contribution in [0.25, 0.3) is 0 Å². The van der Waals surface area contributed by atoms with Crippen molar-refractivity contribution in [2.24, 2.45) is 5.92 Å². The molecule has 1 unspecified atom stereocenters. The Morgan fingerprint density at radius 3 is 2.64 bits per heavy atom. The van der Waals surface area contributed by atoms with Crippen LogP contribution in [0.1, 0.15) is 27.2 Å². The van der Waals surface area contributed by atoms with Gasteiger partial charge in [-0.3, -0.25) is 0 Å². The van der Waals surface area contributed by atoms with E-state index in [0.29, 0.717) is 0 Å². The lowest BCUT2D eigenvalue weighted by atomic mass is 10.1. The Morgan fingerprint density at radius 2 is 2.07 bits per heavy atom. The molecule has 84 valence electrons. The molecule has 0 radical (unpaired) electrons. The highest BCUT2D eigenvalue weighted by Gasteiger charge is 2.14. The molecule has 1 aliphatic rings. The standard InChI is InChI=1S/C11H24N2S/c1-11(2,3)13-6-5-12-8-10-4-7-14-9-10/h10,12-13H,4-9H2,1-3H3. The number of rotatable bonds is 5. The molecule has 0 aliphatic carbocycles. The van der Waals surface area contributed by atoms with E-state index in [1.807, 2.05) is 0 Å². The maximum absolute atomic E-state index is 3.52. The third kappa shape index (κ3) is 5.89. The zero-order valence-electron chi connectivity index (χ0n) is 9.73. The van der Waals surface area contributed by atoms with E-state index < -0.39 is 0 Å². The Balaban J connectivity index is 1.89. The molecule has 1 heterocycles. The molecule has 0 amide bonds. The van der Waals surface area contributed by atoms with Gasteiger partial charge in [0.1, 0.15) is 0 Å². The van der Waals surface area contributed by atoms with Crippen LogP contribution in [0.15, 0.2) is 0 Å². The number of hydrogen-bond donors (Lipinski definition) is 2. The molecule has 1 atom stereocenters. The van der Waals surface area contributed by atoms with E-state index in [9.17, 15) is 0 Å². The van der Waals surface area contributed by atoms with Gasteiger partial charge in [-0.2, -0.15) is 11.8 Å². The van der Waals surface area contributed by atoms with Crippen LogP contribution in [0.5, 0.6) is 0 Å². The van der Waals surface area contributed by atoms with E-state index in [-0.39, 0.29) is 5.54 Å². The SMILES string of the molecule is CC(C)(C)NCCNCC1CCSC1. The Bertz CT molecular complexity index is 148. The summed E-state index contributed by atoms with van der Waals surface area (Å²) >= 11 is 2.09. The minimum Gasteiger partial charge on any atom is -0.315 e. The second-order valence-corrected chi connectivity index (χ2v) is 6.26. The molecule has 1 aliphatic heterocycles. The van der Waals surface area contributed by atoms with Crippen LogP contribution in [0.4, 0.5) is 0 Å². The lowest BCUT2D eigenvalue weighted by Crippen LogP contribution is -2.40. The Labute approximate surface area is 92.6 Å². The minimum atomic E-state index is 0.255. The maximum Gasteiger partial charge on any atom is 0.00970 e. The van der Waals surface area contributed by atoms with Gasteiger partial charge in [-0.05, 0) is 51.2 Å². The van der Waals surface area contributed by atoms with E-state index >= 15 is 0 Å². The van der Waals surface area contributed by atoms with Gasteiger partial charge in [0.25, 0.3) is 0 Å². The van der Waals surface area contributed by atoms with Crippen LogP contribution >= 0.6 is 11.8 Å². The summed E-state index contributed by atoms with van der Waals surface area (Å²) in [6.45, 7) is 10.0. The molecule has 3 heteroatoms. The Hall–Kier alpha value is 0.270. The average Bonchev–Trinajstić information content (AvgIpc) is 2.54. The molecule has 0 spiro atoms. The third-order valence-electron chi connectivity index (χ3n) is 2.41. The lowest BCUT2D eigenvalue weighted by Gasteiger charge is -2.20. The molecule has 14 heavy (non-hydrogen) atoms. The van der Waals surface area contributed by atoms with Crippen molar-refractivity contribution in [3.63, 3.8) is 0 Å². The van der Waals surface area contributed by atoms with Crippen molar-refractivity contribution in [2.45, 2.75) is 32.7 Å². The fourth-order valence-corrected chi connectivity index (χ4v) is 2.86. The highest BCUT2D eigenvalue weighted by atomic mass is 32.2. The molecule has 0 aromatic rings. The van der Waals surface area contributed by atoms with E-state index in [2.05, 4.69) is 43.2 Å². The smallest absolute Gasteiger partial charge is 0.00970 e. The molecule has 2 nitrogen and oxygen atoms in total. The average molecular weight is 216 g/mol. The lowest BCUT2D eigenvalue weighted by molar-refractivity contribution is 0.415. The number of nitrogens with one attached hydrogen (secondary N) is 2. The maximum atomic E-state index is 3.52. The van der Waals surface area contributed by atoms with Crippen molar-refractivity contribution >= 4 is 11.8 Å². The quantitative estimate of drug-likeness (QED) is 0.684. The molecule has 1 fully saturated rings. The Kier molecular flexibility index (Phi) is 5.28. The predicted molar refractivity (Wildman–Crippen MR) is 66.1 cm³/mol. The van der Waals surface area contributed by atoms with E-state index in [0.717, 1.165) is 19.0 Å². The van der Waals surface area contributed by atoms with Crippen molar-refractivity contribution in [3.8, 4) is 0 Å². The summed E-state index contributed by atoms with van der Waals surface area (Å²) in [7, 11) is 0. The number of thioether (sulfide) groups is 1. The van der Waals surface area contributed by atoms with Crippen LogP contribution in [0, 0.1) is 5.92 Å². The fraction of sp³-hybridized carbons (Fsp3) is 1.00. The van der Waals surface area contributed by atoms with E-state index in [4.69, 9.17) is 0 Å². The zero-order chi connectivity index (χ0) is 10.4. The van der Waals surface area contributed by atoms with Gasteiger partial charge in [0.15, 0.2) is 0 Å². The minimum absolute atomic E-state index is 0.255. The van der Waals surface area contributed by atoms with Gasteiger partial charge >= 0.3 is 0 Å². The van der Waals surface area contributed by atoms with Crippen molar-refractivity contribution in [3.05, 3.63) is 0 Å². The first kappa shape index (κ1) is 12.3. The van der Waals surface area contributed by atoms with E-state index in [1.165, 1.54) is 24.5 Å². The molecule has 0 aromatic carbocycles. The summed E-state index contributed by atoms with van der Waals surface area (Å²) in [4.78, 5) is 0. The molecule has 1 saturated heterocycles. The first-order chi connectivity index (χ1) is 6.58. The van der Waals surface area contributed by atoms with E-state index in [1.54, 1.807) is 0 Å². The van der Waals surface area contributed by atoms with Gasteiger partial charge in [-0.15, -0.1) is 0 Å².